The van der Waals surface area contributed by atoms with Gasteiger partial charge in [0.15, 0.2) is 5.82 Å². The van der Waals surface area contributed by atoms with Gasteiger partial charge in [0.05, 0.1) is 0 Å². The highest BCUT2D eigenvalue weighted by Crippen LogP contribution is 2.25. The second kappa shape index (κ2) is 7.44. The molecule has 0 spiro atoms. The summed E-state index contributed by atoms with van der Waals surface area (Å²) >= 11 is 6.01. The number of carbonyl (C=O) groups excluding carboxylic acids is 1. The average molecular weight is 399 g/mol. The van der Waals surface area contributed by atoms with E-state index in [0.29, 0.717) is 41.0 Å². The molecule has 142 valence electrons. The molecule has 0 saturated heterocycles. The quantitative estimate of drug-likeness (QED) is 0.543. The van der Waals surface area contributed by atoms with E-state index in [0.717, 1.165) is 10.9 Å². The van der Waals surface area contributed by atoms with Gasteiger partial charge in [0.25, 0.3) is 11.8 Å². The lowest BCUT2D eigenvalue weighted by molar-refractivity contribution is 0.0795. The molecule has 28 heavy (non-hydrogen) atoms. The van der Waals surface area contributed by atoms with Gasteiger partial charge >= 0.3 is 0 Å². The molecule has 8 heteroatoms. The van der Waals surface area contributed by atoms with Crippen LogP contribution in [0.5, 0.6) is 0 Å². The monoisotopic (exact) mass is 398 g/mol. The third-order valence-corrected chi connectivity index (χ3v) is 4.63. The van der Waals surface area contributed by atoms with Crippen molar-refractivity contribution in [3.63, 3.8) is 0 Å². The van der Waals surface area contributed by atoms with Crippen molar-refractivity contribution in [2.24, 2.45) is 0 Å². The molecule has 0 aliphatic rings. The number of nitrogens with one attached hydrogen (secondary N) is 1. The molecule has 4 rings (SSSR count). The van der Waals surface area contributed by atoms with E-state index < -0.39 is 0 Å². The summed E-state index contributed by atoms with van der Waals surface area (Å²) in [6.45, 7) is 0.400. The number of hydrogen-bond acceptors (Lipinski definition) is 4. The second-order valence-corrected chi connectivity index (χ2v) is 6.85. The molecule has 2 aromatic heterocycles. The topological polar surface area (TPSA) is 75.0 Å². The van der Waals surface area contributed by atoms with Crippen LogP contribution in [0.1, 0.15) is 16.2 Å². The number of H-pyrrole nitrogens is 1. The van der Waals surface area contributed by atoms with Crippen LogP contribution in [-0.4, -0.2) is 39.5 Å². The first-order valence-electron chi connectivity index (χ1n) is 8.62. The number of amides is 1. The lowest BCUT2D eigenvalue weighted by atomic mass is 10.2. The Morgan fingerprint density at radius 3 is 2.79 bits per heavy atom. The van der Waals surface area contributed by atoms with Crippen molar-refractivity contribution in [1.82, 2.24) is 20.0 Å². The summed E-state index contributed by atoms with van der Waals surface area (Å²) in [6, 6.07) is 12.9. The summed E-state index contributed by atoms with van der Waals surface area (Å²) in [5, 5.41) is 5.58. The summed E-state index contributed by atoms with van der Waals surface area (Å²) < 4.78 is 18.3. The maximum atomic E-state index is 13.0. The summed E-state index contributed by atoms with van der Waals surface area (Å²) in [4.78, 5) is 21.5. The number of fused-ring (bicyclic) bond motifs is 1. The zero-order chi connectivity index (χ0) is 19.7. The molecular formula is C20H16ClFN4O2. The van der Waals surface area contributed by atoms with Crippen LogP contribution >= 0.6 is 11.6 Å². The number of nitrogens with zero attached hydrogens (tertiary/aromatic N) is 3. The summed E-state index contributed by atoms with van der Waals surface area (Å²) in [5.74, 6) is 0.286. The number of aromatic nitrogens is 3. The van der Waals surface area contributed by atoms with Gasteiger partial charge in [-0.15, -0.1) is 0 Å². The molecule has 0 bridgehead atoms. The van der Waals surface area contributed by atoms with Crippen LogP contribution in [0.2, 0.25) is 5.02 Å². The van der Waals surface area contributed by atoms with Crippen molar-refractivity contribution < 1.29 is 13.7 Å². The largest absolute Gasteiger partial charge is 0.351 e. The van der Waals surface area contributed by atoms with E-state index in [1.54, 1.807) is 13.1 Å². The van der Waals surface area contributed by atoms with Gasteiger partial charge in [-0.25, -0.2) is 4.39 Å². The minimum absolute atomic E-state index is 0.198. The highest BCUT2D eigenvalue weighted by molar-refractivity contribution is 6.31. The van der Waals surface area contributed by atoms with E-state index in [9.17, 15) is 9.18 Å². The fraction of sp³-hybridized carbons (Fsp3) is 0.150. The van der Waals surface area contributed by atoms with E-state index in [1.165, 1.54) is 29.2 Å². The summed E-state index contributed by atoms with van der Waals surface area (Å²) in [6.07, 6.45) is 0.430. The van der Waals surface area contributed by atoms with Gasteiger partial charge in [-0.3, -0.25) is 4.79 Å². The number of rotatable bonds is 5. The van der Waals surface area contributed by atoms with Crippen molar-refractivity contribution in [3.05, 3.63) is 70.8 Å². The fourth-order valence-corrected chi connectivity index (χ4v) is 3.05. The lowest BCUT2D eigenvalue weighted by Gasteiger charge is -2.16. The Hall–Kier alpha value is -3.19. The molecule has 0 radical (unpaired) electrons. The van der Waals surface area contributed by atoms with Gasteiger partial charge in [0.1, 0.15) is 11.5 Å². The number of aromatic amines is 1. The van der Waals surface area contributed by atoms with Crippen molar-refractivity contribution in [3.8, 4) is 11.6 Å². The fourth-order valence-electron chi connectivity index (χ4n) is 2.87. The highest BCUT2D eigenvalue weighted by Gasteiger charge is 2.15. The maximum absolute atomic E-state index is 13.0. The Balaban J connectivity index is 1.42. The van der Waals surface area contributed by atoms with Crippen molar-refractivity contribution >= 4 is 28.4 Å². The highest BCUT2D eigenvalue weighted by atomic mass is 35.5. The van der Waals surface area contributed by atoms with Crippen LogP contribution in [0.15, 0.2) is 53.1 Å². The van der Waals surface area contributed by atoms with E-state index in [2.05, 4.69) is 15.1 Å². The van der Waals surface area contributed by atoms with E-state index in [1.807, 2.05) is 18.2 Å². The third-order valence-electron chi connectivity index (χ3n) is 4.39. The number of carbonyl (C=O) groups is 1. The van der Waals surface area contributed by atoms with Gasteiger partial charge in [0, 0.05) is 41.5 Å². The zero-order valence-electron chi connectivity index (χ0n) is 14.9. The normalized spacial score (nSPS) is 11.1. The Morgan fingerprint density at radius 1 is 1.21 bits per heavy atom. The average Bonchev–Trinajstić information content (AvgIpc) is 3.32. The Bertz CT molecular complexity index is 1140. The predicted octanol–water partition coefficient (Wildman–Crippen LogP) is 4.33. The van der Waals surface area contributed by atoms with Crippen LogP contribution in [0.25, 0.3) is 22.5 Å². The van der Waals surface area contributed by atoms with Gasteiger partial charge in [-0.05, 0) is 48.5 Å². The smallest absolute Gasteiger partial charge is 0.274 e. The molecule has 1 N–H and O–H groups in total. The molecular weight excluding hydrogens is 383 g/mol. The van der Waals surface area contributed by atoms with E-state index in [4.69, 9.17) is 16.1 Å². The molecule has 2 aromatic carbocycles. The first-order chi connectivity index (χ1) is 13.5. The minimum atomic E-state index is -0.377. The zero-order valence-corrected chi connectivity index (χ0v) is 15.7. The van der Waals surface area contributed by atoms with E-state index in [-0.39, 0.29) is 11.7 Å². The van der Waals surface area contributed by atoms with Crippen LogP contribution < -0.4 is 0 Å². The van der Waals surface area contributed by atoms with Gasteiger partial charge in [0.2, 0.25) is 0 Å². The summed E-state index contributed by atoms with van der Waals surface area (Å²) in [7, 11) is 1.67. The number of hydrogen-bond donors (Lipinski definition) is 1. The third kappa shape index (κ3) is 3.75. The number of likely N-dealkylation sites (N-methyl/N-ethyl adjacent to an activating group) is 1. The van der Waals surface area contributed by atoms with Crippen LogP contribution in [0.4, 0.5) is 4.39 Å². The predicted molar refractivity (Wildman–Crippen MR) is 104 cm³/mol. The molecule has 1 amide bonds. The van der Waals surface area contributed by atoms with Crippen molar-refractivity contribution in [2.75, 3.05) is 13.6 Å². The first-order valence-corrected chi connectivity index (χ1v) is 8.99. The molecule has 2 heterocycles. The lowest BCUT2D eigenvalue weighted by Crippen LogP contribution is -2.29. The van der Waals surface area contributed by atoms with Gasteiger partial charge < -0.3 is 14.4 Å². The molecule has 0 aliphatic heterocycles. The second-order valence-electron chi connectivity index (χ2n) is 6.41. The van der Waals surface area contributed by atoms with Crippen LogP contribution in [-0.2, 0) is 6.42 Å². The minimum Gasteiger partial charge on any atom is -0.351 e. The van der Waals surface area contributed by atoms with Gasteiger partial charge in [-0.2, -0.15) is 4.98 Å². The number of benzene rings is 2. The molecule has 6 nitrogen and oxygen atoms in total. The molecule has 0 fully saturated rings. The molecule has 0 unspecified atom stereocenters. The van der Waals surface area contributed by atoms with Crippen LogP contribution in [0.3, 0.4) is 0 Å². The summed E-state index contributed by atoms with van der Waals surface area (Å²) in [5.41, 5.74) is 2.05. The molecule has 0 atom stereocenters. The number of halogens is 2. The maximum Gasteiger partial charge on any atom is 0.274 e. The van der Waals surface area contributed by atoms with Crippen molar-refractivity contribution in [2.45, 2.75) is 6.42 Å². The Labute approximate surface area is 164 Å². The SMILES string of the molecule is CN(CCc1noc(-c2cc3cc(Cl)ccc3[nH]2)n1)C(=O)c1ccc(F)cc1. The van der Waals surface area contributed by atoms with E-state index >= 15 is 0 Å². The molecule has 4 aromatic rings. The molecule has 0 aliphatic carbocycles. The van der Waals surface area contributed by atoms with Crippen LogP contribution in [0, 0.1) is 5.82 Å². The first kappa shape index (κ1) is 18.2. The van der Waals surface area contributed by atoms with Gasteiger partial charge in [-0.1, -0.05) is 16.8 Å². The molecule has 0 saturated carbocycles. The van der Waals surface area contributed by atoms with Crippen molar-refractivity contribution in [1.29, 1.82) is 0 Å². The Kier molecular flexibility index (Phi) is 4.83. The standard InChI is InChI=1S/C20H16ClFN4O2/c1-26(20(27)12-2-5-15(22)6-3-12)9-8-18-24-19(28-25-18)17-11-13-10-14(21)4-7-16(13)23-17/h2-7,10-11,23H,8-9H2,1H3. The Morgan fingerprint density at radius 2 is 2.00 bits per heavy atom.